The van der Waals surface area contributed by atoms with Gasteiger partial charge in [0.15, 0.2) is 0 Å². The first-order valence-electron chi connectivity index (χ1n) is 1.98. The smallest absolute Gasteiger partial charge is 1.00 e. The number of hydrogen-bond acceptors (Lipinski definition) is 4. The van der Waals surface area contributed by atoms with Gasteiger partial charge in [-0.3, -0.25) is 0 Å². The molecule has 6 heteroatoms. The maximum absolute atomic E-state index is 8.13. The van der Waals surface area contributed by atoms with Crippen LogP contribution in [0.1, 0.15) is 1.43 Å². The minimum absolute atomic E-state index is 0. The summed E-state index contributed by atoms with van der Waals surface area (Å²) in [6.07, 6.45) is 1.31. The average Bonchev–Trinajstić information content (AvgIpc) is 1.59. The predicted molar refractivity (Wildman–Crippen MR) is 29.7 cm³/mol. The van der Waals surface area contributed by atoms with Gasteiger partial charge >= 0.3 is 38.6 Å². The molecule has 0 aliphatic rings. The second kappa shape index (κ2) is 5.57. The minimum Gasteiger partial charge on any atom is -1.00 e. The molecular weight excluding hydrogens is 151 g/mol. The molecule has 0 radical (unpaired) electrons. The Morgan fingerprint density at radius 3 is 2.11 bits per heavy atom. The quantitative estimate of drug-likeness (QED) is 0.289. The molecule has 0 bridgehead atoms. The van der Waals surface area contributed by atoms with Gasteiger partial charge in [0.2, 0.25) is 0 Å². The van der Waals surface area contributed by atoms with Crippen molar-refractivity contribution in [2.45, 2.75) is 0 Å². The third-order valence-electron chi connectivity index (χ3n) is 0.395. The maximum Gasteiger partial charge on any atom is 1.00 e. The van der Waals surface area contributed by atoms with Crippen molar-refractivity contribution in [2.75, 3.05) is 6.61 Å². The van der Waals surface area contributed by atoms with Gasteiger partial charge in [-0.25, -0.2) is 0 Å². The zero-order valence-electron chi connectivity index (χ0n) is 6.24. The molecular formula is C3H9NaO4Si. The SMILES string of the molecule is C=CCO[Si](O)(O)O.[H-].[Na+]. The first-order chi connectivity index (χ1) is 3.56. The van der Waals surface area contributed by atoms with Crippen LogP contribution in [0.2, 0.25) is 0 Å². The monoisotopic (exact) mass is 160 g/mol. The third-order valence-corrected chi connectivity index (χ3v) is 0.949. The predicted octanol–water partition coefficient (Wildman–Crippen LogP) is -4.28. The fraction of sp³-hybridized carbons (Fsp3) is 0.333. The van der Waals surface area contributed by atoms with Crippen LogP contribution in [0, 0.1) is 0 Å². The largest absolute Gasteiger partial charge is 1.00 e. The van der Waals surface area contributed by atoms with Crippen LogP contribution in [0.25, 0.3) is 0 Å². The van der Waals surface area contributed by atoms with E-state index in [1.165, 1.54) is 6.08 Å². The number of rotatable bonds is 3. The van der Waals surface area contributed by atoms with Gasteiger partial charge in [0.1, 0.15) is 0 Å². The molecule has 0 saturated heterocycles. The summed E-state index contributed by atoms with van der Waals surface area (Å²) in [6.45, 7) is 3.18. The molecule has 9 heavy (non-hydrogen) atoms. The Bertz CT molecular complexity index is 85.1. The van der Waals surface area contributed by atoms with Crippen molar-refractivity contribution >= 4 is 9.05 Å². The Labute approximate surface area is 78.0 Å². The van der Waals surface area contributed by atoms with Gasteiger partial charge < -0.3 is 20.2 Å². The molecule has 0 heterocycles. The van der Waals surface area contributed by atoms with Crippen molar-refractivity contribution in [3.63, 3.8) is 0 Å². The topological polar surface area (TPSA) is 69.9 Å². The number of hydrogen-bond donors (Lipinski definition) is 3. The van der Waals surface area contributed by atoms with Crippen LogP contribution in [0.4, 0.5) is 0 Å². The summed E-state index contributed by atoms with van der Waals surface area (Å²) in [7, 11) is -4.25. The van der Waals surface area contributed by atoms with Gasteiger partial charge in [0, 0.05) is 0 Å². The van der Waals surface area contributed by atoms with Crippen molar-refractivity contribution < 1.29 is 49.8 Å². The van der Waals surface area contributed by atoms with E-state index in [1.807, 2.05) is 0 Å². The molecule has 50 valence electrons. The molecule has 0 aromatic rings. The zero-order chi connectivity index (χ0) is 6.62. The van der Waals surface area contributed by atoms with Crippen molar-refractivity contribution in [1.82, 2.24) is 0 Å². The Kier molecular flexibility index (Phi) is 7.72. The molecule has 0 aromatic heterocycles. The van der Waals surface area contributed by atoms with Crippen LogP contribution in [0.5, 0.6) is 0 Å². The summed E-state index contributed by atoms with van der Waals surface area (Å²) in [5, 5.41) is 0. The van der Waals surface area contributed by atoms with Crippen LogP contribution in [0.15, 0.2) is 12.7 Å². The van der Waals surface area contributed by atoms with Crippen molar-refractivity contribution in [2.24, 2.45) is 0 Å². The fourth-order valence-corrected chi connectivity index (χ4v) is 0.512. The van der Waals surface area contributed by atoms with Crippen molar-refractivity contribution in [3.8, 4) is 0 Å². The molecule has 0 amide bonds. The molecule has 0 fully saturated rings. The molecule has 3 N–H and O–H groups in total. The summed E-state index contributed by atoms with van der Waals surface area (Å²) in [4.78, 5) is 24.4. The summed E-state index contributed by atoms with van der Waals surface area (Å²) in [5.74, 6) is 0. The van der Waals surface area contributed by atoms with Crippen LogP contribution in [-0.2, 0) is 4.43 Å². The zero-order valence-corrected chi connectivity index (χ0v) is 8.24. The third kappa shape index (κ3) is 12.1. The van der Waals surface area contributed by atoms with Gasteiger partial charge in [-0.1, -0.05) is 6.08 Å². The van der Waals surface area contributed by atoms with Crippen LogP contribution < -0.4 is 29.6 Å². The van der Waals surface area contributed by atoms with Gasteiger partial charge in [0.05, 0.1) is 6.61 Å². The van der Waals surface area contributed by atoms with Crippen LogP contribution in [-0.4, -0.2) is 30.0 Å². The molecule has 0 unspecified atom stereocenters. The van der Waals surface area contributed by atoms with E-state index < -0.39 is 9.05 Å². The van der Waals surface area contributed by atoms with Crippen LogP contribution in [0.3, 0.4) is 0 Å². The Balaban J connectivity index is -0.000000245. The van der Waals surface area contributed by atoms with Gasteiger partial charge in [-0.05, 0) is 0 Å². The first-order valence-corrected chi connectivity index (χ1v) is 3.73. The molecule has 0 aliphatic carbocycles. The minimum atomic E-state index is -4.25. The summed E-state index contributed by atoms with van der Waals surface area (Å²) >= 11 is 0. The molecule has 0 spiro atoms. The van der Waals surface area contributed by atoms with Gasteiger partial charge in [-0.15, -0.1) is 6.58 Å². The maximum atomic E-state index is 8.13. The van der Waals surface area contributed by atoms with Gasteiger partial charge in [0.25, 0.3) is 0 Å². The van der Waals surface area contributed by atoms with E-state index in [-0.39, 0.29) is 37.6 Å². The Morgan fingerprint density at radius 2 is 2.00 bits per heavy atom. The van der Waals surface area contributed by atoms with Crippen molar-refractivity contribution in [1.29, 1.82) is 0 Å². The summed E-state index contributed by atoms with van der Waals surface area (Å²) in [5.41, 5.74) is 0. The standard InChI is InChI=1S/C3H8O4Si.Na.H/c1-2-3-7-8(4,5)6;;/h2,4-6H,1,3H2;;/q;+1;-1. The summed E-state index contributed by atoms with van der Waals surface area (Å²) < 4.78 is 4.07. The van der Waals surface area contributed by atoms with Gasteiger partial charge in [-0.2, -0.15) is 0 Å². The van der Waals surface area contributed by atoms with E-state index in [0.717, 1.165) is 0 Å². The van der Waals surface area contributed by atoms with Crippen LogP contribution >= 0.6 is 0 Å². The Hall–Kier alpha value is 0.797. The van der Waals surface area contributed by atoms with E-state index >= 15 is 0 Å². The second-order valence-corrected chi connectivity index (χ2v) is 2.61. The molecule has 4 nitrogen and oxygen atoms in total. The molecule has 0 atom stereocenters. The molecule has 0 rings (SSSR count). The van der Waals surface area contributed by atoms with E-state index in [2.05, 4.69) is 11.0 Å². The molecule has 0 aliphatic heterocycles. The van der Waals surface area contributed by atoms with E-state index in [4.69, 9.17) is 14.4 Å². The average molecular weight is 160 g/mol. The second-order valence-electron chi connectivity index (χ2n) is 1.17. The Morgan fingerprint density at radius 1 is 1.56 bits per heavy atom. The van der Waals surface area contributed by atoms with E-state index in [9.17, 15) is 0 Å². The fourth-order valence-electron chi connectivity index (χ4n) is 0.171. The summed E-state index contributed by atoms with van der Waals surface area (Å²) in [6, 6.07) is 0. The van der Waals surface area contributed by atoms with E-state index in [1.54, 1.807) is 0 Å². The normalized spacial score (nSPS) is 10.1. The van der Waals surface area contributed by atoms with E-state index in [0.29, 0.717) is 0 Å². The molecule has 0 aromatic carbocycles. The molecule has 0 saturated carbocycles. The van der Waals surface area contributed by atoms with Crippen molar-refractivity contribution in [3.05, 3.63) is 12.7 Å². The first kappa shape index (κ1) is 12.5.